The normalized spacial score (nSPS) is 13.7. The molecule has 1 atom stereocenters. The first-order chi connectivity index (χ1) is 9.52. The molecule has 1 aromatic rings. The predicted molar refractivity (Wildman–Crippen MR) is 72.6 cm³/mol. The highest BCUT2D eigenvalue weighted by Crippen LogP contribution is 2.24. The summed E-state index contributed by atoms with van der Waals surface area (Å²) in [5.41, 5.74) is 0.388. The van der Waals surface area contributed by atoms with Crippen LogP contribution < -0.4 is 4.31 Å². The second-order valence-corrected chi connectivity index (χ2v) is 8.69. The van der Waals surface area contributed by atoms with Gasteiger partial charge >= 0.3 is 24.2 Å². The van der Waals surface area contributed by atoms with Gasteiger partial charge in [-0.05, 0) is 19.1 Å². The molecule has 0 aromatic heterocycles. The van der Waals surface area contributed by atoms with E-state index in [2.05, 4.69) is 0 Å². The molecule has 0 unspecified atom stereocenters. The van der Waals surface area contributed by atoms with E-state index in [1.807, 2.05) is 0 Å². The first kappa shape index (κ1) is 17.4. The molecule has 1 aromatic carbocycles. The minimum absolute atomic E-state index is 0.0515. The fourth-order valence-electron chi connectivity index (χ4n) is 1.51. The first-order valence-electron chi connectivity index (χ1n) is 5.44. The number of aryl methyl sites for hydroxylation is 1. The number of aliphatic carboxylic acids is 1. The van der Waals surface area contributed by atoms with Crippen molar-refractivity contribution >= 4 is 29.9 Å². The van der Waals surface area contributed by atoms with E-state index < -0.39 is 36.8 Å². The lowest BCUT2D eigenvalue weighted by molar-refractivity contribution is -0.139. The number of carbonyl (C=O) groups is 1. The predicted octanol–water partition coefficient (Wildman–Crippen LogP) is -0.620. The minimum atomic E-state index is -5.62. The summed E-state index contributed by atoms with van der Waals surface area (Å²) < 4.78 is 54.5. The molecule has 0 spiro atoms. The first-order valence-corrected chi connectivity index (χ1v) is 8.84. The average molecular weight is 339 g/mol. The summed E-state index contributed by atoms with van der Waals surface area (Å²) >= 11 is 0. The van der Waals surface area contributed by atoms with Crippen LogP contribution in [-0.2, 0) is 23.0 Å². The van der Waals surface area contributed by atoms with Gasteiger partial charge < -0.3 is 10.2 Å². The monoisotopic (exact) mass is 339 g/mol. The molecular formula is C10H13NO8S2. The van der Waals surface area contributed by atoms with Crippen molar-refractivity contribution in [2.45, 2.75) is 13.0 Å². The third-order valence-corrected chi connectivity index (χ3v) is 6.09. The molecule has 9 nitrogen and oxygen atoms in total. The number of aliphatic hydroxyl groups is 1. The van der Waals surface area contributed by atoms with Crippen LogP contribution in [0.4, 0.5) is 5.69 Å². The minimum Gasteiger partial charge on any atom is -0.480 e. The Morgan fingerprint density at radius 3 is 2.00 bits per heavy atom. The Balaban J connectivity index is 3.59. The van der Waals surface area contributed by atoms with Gasteiger partial charge in [0.15, 0.2) is 6.04 Å². The molecule has 0 saturated carbocycles. The molecule has 0 amide bonds. The SMILES string of the molecule is Cc1ccc(N([C@@H](CO)C(=O)O)S(=O)(=O)S(=O)(=O)O)cc1. The van der Waals surface area contributed by atoms with Crippen LogP contribution in [0.3, 0.4) is 0 Å². The lowest BCUT2D eigenvalue weighted by atomic mass is 10.2. The summed E-state index contributed by atoms with van der Waals surface area (Å²) in [4.78, 5) is 11.0. The number of rotatable bonds is 6. The van der Waals surface area contributed by atoms with Crippen molar-refractivity contribution in [3.63, 3.8) is 0 Å². The van der Waals surface area contributed by atoms with E-state index in [4.69, 9.17) is 14.8 Å². The van der Waals surface area contributed by atoms with Crippen LogP contribution in [-0.4, -0.2) is 50.2 Å². The van der Waals surface area contributed by atoms with Gasteiger partial charge in [0.1, 0.15) is 0 Å². The molecule has 118 valence electrons. The number of aliphatic hydroxyl groups excluding tert-OH is 1. The van der Waals surface area contributed by atoms with Crippen molar-refractivity contribution in [3.05, 3.63) is 29.8 Å². The maximum atomic E-state index is 11.9. The zero-order valence-corrected chi connectivity index (χ0v) is 12.4. The molecule has 0 bridgehead atoms. The third kappa shape index (κ3) is 3.50. The van der Waals surface area contributed by atoms with E-state index in [-0.39, 0.29) is 9.99 Å². The summed E-state index contributed by atoms with van der Waals surface area (Å²) in [5.74, 6) is -1.77. The molecule has 0 saturated heterocycles. The zero-order chi connectivity index (χ0) is 16.4. The molecule has 1 rings (SSSR count). The van der Waals surface area contributed by atoms with Gasteiger partial charge in [-0.25, -0.2) is 9.10 Å². The number of carboxylic acid groups (broad SMARTS) is 1. The maximum Gasteiger partial charge on any atom is 0.391 e. The van der Waals surface area contributed by atoms with E-state index >= 15 is 0 Å². The van der Waals surface area contributed by atoms with Gasteiger partial charge in [-0.3, -0.25) is 4.55 Å². The molecular weight excluding hydrogens is 326 g/mol. The van der Waals surface area contributed by atoms with Gasteiger partial charge in [0.05, 0.1) is 12.3 Å². The summed E-state index contributed by atoms with van der Waals surface area (Å²) in [6.07, 6.45) is 0. The van der Waals surface area contributed by atoms with Crippen LogP contribution in [0.5, 0.6) is 0 Å². The Kier molecular flexibility index (Phi) is 4.94. The summed E-state index contributed by atoms with van der Waals surface area (Å²) in [5, 5.41) is 18.0. The fraction of sp³-hybridized carbons (Fsp3) is 0.300. The Hall–Kier alpha value is -1.69. The van der Waals surface area contributed by atoms with Crippen molar-refractivity contribution in [1.29, 1.82) is 0 Å². The summed E-state index contributed by atoms with van der Waals surface area (Å²) in [6, 6.07) is 3.04. The summed E-state index contributed by atoms with van der Waals surface area (Å²) in [7, 11) is -11.1. The molecule has 11 heteroatoms. The van der Waals surface area contributed by atoms with Gasteiger partial charge in [0, 0.05) is 0 Å². The van der Waals surface area contributed by atoms with E-state index in [0.717, 1.165) is 12.1 Å². The van der Waals surface area contributed by atoms with E-state index in [0.29, 0.717) is 5.56 Å². The number of hydrogen-bond acceptors (Lipinski definition) is 6. The average Bonchev–Trinajstić information content (AvgIpc) is 2.35. The lowest BCUT2D eigenvalue weighted by Gasteiger charge is -2.27. The molecule has 0 aliphatic carbocycles. The molecule has 0 aliphatic rings. The van der Waals surface area contributed by atoms with E-state index in [1.54, 1.807) is 6.92 Å². The topological polar surface area (TPSA) is 149 Å². The van der Waals surface area contributed by atoms with Gasteiger partial charge in [-0.2, -0.15) is 16.8 Å². The summed E-state index contributed by atoms with van der Waals surface area (Å²) in [6.45, 7) is 0.490. The van der Waals surface area contributed by atoms with Gasteiger partial charge in [-0.15, -0.1) is 0 Å². The highest BCUT2D eigenvalue weighted by molar-refractivity contribution is 8.65. The zero-order valence-electron chi connectivity index (χ0n) is 10.7. The van der Waals surface area contributed by atoms with Crippen LogP contribution in [0, 0.1) is 6.92 Å². The number of benzene rings is 1. The maximum absolute atomic E-state index is 11.9. The van der Waals surface area contributed by atoms with Crippen LogP contribution in [0.15, 0.2) is 24.3 Å². The molecule has 0 fully saturated rings. The standard InChI is InChI=1S/C10H13NO8S2/c1-7-2-4-8(5-3-7)11(9(6-12)10(13)14)20(15,16)21(17,18)19/h2-5,9,12H,6H2,1H3,(H,13,14)(H,17,18,19)/t9-/m0/s1. The second kappa shape index (κ2) is 5.97. The van der Waals surface area contributed by atoms with Crippen LogP contribution in [0.1, 0.15) is 5.56 Å². The second-order valence-electron chi connectivity index (χ2n) is 4.05. The van der Waals surface area contributed by atoms with Gasteiger partial charge in [-0.1, -0.05) is 17.7 Å². The fourth-order valence-corrected chi connectivity index (χ4v) is 3.74. The van der Waals surface area contributed by atoms with Crippen molar-refractivity contribution in [2.24, 2.45) is 0 Å². The molecule has 0 aliphatic heterocycles. The van der Waals surface area contributed by atoms with Crippen molar-refractivity contribution in [3.8, 4) is 0 Å². The van der Waals surface area contributed by atoms with E-state index in [9.17, 15) is 21.6 Å². The molecule has 3 N–H and O–H groups in total. The number of hydrogen-bond donors (Lipinski definition) is 3. The Labute approximate surface area is 120 Å². The quantitative estimate of drug-likeness (QED) is 0.458. The molecule has 0 radical (unpaired) electrons. The van der Waals surface area contributed by atoms with Crippen molar-refractivity contribution in [1.82, 2.24) is 0 Å². The van der Waals surface area contributed by atoms with Crippen molar-refractivity contribution in [2.75, 3.05) is 10.9 Å². The lowest BCUT2D eigenvalue weighted by Crippen LogP contribution is -2.49. The molecule has 0 heterocycles. The number of carboxylic acids is 1. The Morgan fingerprint density at radius 1 is 1.19 bits per heavy atom. The van der Waals surface area contributed by atoms with E-state index in [1.165, 1.54) is 12.1 Å². The Bertz CT molecular complexity index is 723. The molecule has 21 heavy (non-hydrogen) atoms. The van der Waals surface area contributed by atoms with Gasteiger partial charge in [0.2, 0.25) is 0 Å². The van der Waals surface area contributed by atoms with Gasteiger partial charge in [0.25, 0.3) is 0 Å². The largest absolute Gasteiger partial charge is 0.480 e. The van der Waals surface area contributed by atoms with Crippen LogP contribution in [0.2, 0.25) is 0 Å². The van der Waals surface area contributed by atoms with Crippen molar-refractivity contribution < 1.29 is 36.4 Å². The smallest absolute Gasteiger partial charge is 0.391 e. The third-order valence-electron chi connectivity index (χ3n) is 2.54. The highest BCUT2D eigenvalue weighted by Gasteiger charge is 2.42. The Morgan fingerprint density at radius 2 is 1.67 bits per heavy atom. The van der Waals surface area contributed by atoms with Crippen LogP contribution >= 0.6 is 0 Å². The van der Waals surface area contributed by atoms with Crippen LogP contribution in [0.25, 0.3) is 0 Å². The number of nitrogens with zero attached hydrogens (tertiary/aromatic N) is 1. The highest BCUT2D eigenvalue weighted by atomic mass is 33.2. The number of anilines is 1.